The van der Waals surface area contributed by atoms with Crippen molar-refractivity contribution in [2.24, 2.45) is 4.99 Å². The molecule has 7 heteroatoms. The van der Waals surface area contributed by atoms with E-state index in [1.165, 1.54) is 18.2 Å². The Labute approximate surface area is 169 Å². The Hall–Kier alpha value is -2.44. The summed E-state index contributed by atoms with van der Waals surface area (Å²) in [5.74, 6) is -0.526. The zero-order valence-corrected chi connectivity index (χ0v) is 16.4. The Morgan fingerprint density at radius 2 is 2.07 bits per heavy atom. The van der Waals surface area contributed by atoms with E-state index < -0.39 is 5.82 Å². The average Bonchev–Trinajstić information content (AvgIpc) is 3.22. The molecule has 0 spiro atoms. The summed E-state index contributed by atoms with van der Waals surface area (Å²) in [6.45, 7) is 3.21. The minimum atomic E-state index is -0.509. The highest BCUT2D eigenvalue weighted by Crippen LogP contribution is 2.19. The molecule has 2 aromatic rings. The second kappa shape index (κ2) is 9.66. The molecule has 0 aliphatic carbocycles. The molecule has 0 bridgehead atoms. The van der Waals surface area contributed by atoms with E-state index in [0.29, 0.717) is 17.8 Å². The molecular formula is C21H23ClFN3O2. The molecule has 1 atom stereocenters. The largest absolute Gasteiger partial charge is 0.376 e. The van der Waals surface area contributed by atoms with Crippen LogP contribution in [0.15, 0.2) is 47.5 Å². The Morgan fingerprint density at radius 3 is 2.71 bits per heavy atom. The SMILES string of the molecule is CCc1ccc(C(=O)NC(=NC[C@H]2CCCO2)Nc2ccc(F)c(Cl)c2)cc1. The molecule has 1 amide bonds. The van der Waals surface area contributed by atoms with Crippen molar-refractivity contribution in [3.8, 4) is 0 Å². The van der Waals surface area contributed by atoms with Crippen molar-refractivity contribution in [1.82, 2.24) is 5.32 Å². The number of halogens is 2. The molecule has 2 aromatic carbocycles. The van der Waals surface area contributed by atoms with Gasteiger partial charge in [0.15, 0.2) is 0 Å². The van der Waals surface area contributed by atoms with Crippen molar-refractivity contribution >= 4 is 29.2 Å². The van der Waals surface area contributed by atoms with E-state index in [1.54, 1.807) is 12.1 Å². The molecule has 3 rings (SSSR count). The molecule has 0 unspecified atom stereocenters. The highest BCUT2D eigenvalue weighted by atomic mass is 35.5. The standard InChI is InChI=1S/C21H23ClFN3O2/c1-2-14-5-7-15(8-6-14)20(27)26-21(24-13-17-4-3-11-28-17)25-16-9-10-19(23)18(22)12-16/h5-10,12,17H,2-4,11,13H2,1H3,(H2,24,25,26,27)/t17-/m1/s1. The summed E-state index contributed by atoms with van der Waals surface area (Å²) in [5.41, 5.74) is 2.21. The number of nitrogens with one attached hydrogen (secondary N) is 2. The fraction of sp³-hybridized carbons (Fsp3) is 0.333. The van der Waals surface area contributed by atoms with Crippen LogP contribution in [0.2, 0.25) is 5.02 Å². The third-order valence-corrected chi connectivity index (χ3v) is 4.81. The highest BCUT2D eigenvalue weighted by molar-refractivity contribution is 6.31. The fourth-order valence-electron chi connectivity index (χ4n) is 2.87. The van der Waals surface area contributed by atoms with Crippen molar-refractivity contribution in [2.75, 3.05) is 18.5 Å². The van der Waals surface area contributed by atoms with Gasteiger partial charge < -0.3 is 10.1 Å². The summed E-state index contributed by atoms with van der Waals surface area (Å²) in [7, 11) is 0. The molecule has 5 nitrogen and oxygen atoms in total. The van der Waals surface area contributed by atoms with Crippen LogP contribution in [0.1, 0.15) is 35.7 Å². The van der Waals surface area contributed by atoms with Crippen LogP contribution < -0.4 is 10.6 Å². The summed E-state index contributed by atoms with van der Waals surface area (Å²) in [6.07, 6.45) is 2.88. The summed E-state index contributed by atoms with van der Waals surface area (Å²) in [4.78, 5) is 17.1. The van der Waals surface area contributed by atoms with Crippen LogP contribution in [-0.2, 0) is 11.2 Å². The first-order chi connectivity index (χ1) is 13.5. The first-order valence-electron chi connectivity index (χ1n) is 9.33. The normalized spacial score (nSPS) is 16.8. The van der Waals surface area contributed by atoms with Gasteiger partial charge in [0.25, 0.3) is 5.91 Å². The van der Waals surface area contributed by atoms with Gasteiger partial charge in [-0.05, 0) is 55.2 Å². The Kier molecular flexibility index (Phi) is 7.01. The van der Waals surface area contributed by atoms with Crippen LogP contribution in [0.4, 0.5) is 10.1 Å². The molecule has 1 heterocycles. The van der Waals surface area contributed by atoms with Crippen LogP contribution in [0, 0.1) is 5.82 Å². The van der Waals surface area contributed by atoms with Gasteiger partial charge in [0.05, 0.1) is 17.7 Å². The van der Waals surface area contributed by atoms with E-state index in [4.69, 9.17) is 16.3 Å². The number of aryl methyl sites for hydroxylation is 1. The zero-order valence-electron chi connectivity index (χ0n) is 15.7. The monoisotopic (exact) mass is 403 g/mol. The summed E-state index contributed by atoms with van der Waals surface area (Å²) >= 11 is 5.85. The molecular weight excluding hydrogens is 381 g/mol. The number of hydrogen-bond acceptors (Lipinski definition) is 3. The maximum Gasteiger partial charge on any atom is 0.257 e. The smallest absolute Gasteiger partial charge is 0.257 e. The number of aliphatic imine (C=N–C) groups is 1. The molecule has 0 radical (unpaired) electrons. The third kappa shape index (κ3) is 5.53. The Morgan fingerprint density at radius 1 is 1.29 bits per heavy atom. The maximum absolute atomic E-state index is 13.4. The van der Waals surface area contributed by atoms with Gasteiger partial charge in [0.2, 0.25) is 5.96 Å². The van der Waals surface area contributed by atoms with Crippen LogP contribution in [0.3, 0.4) is 0 Å². The van der Waals surface area contributed by atoms with E-state index in [9.17, 15) is 9.18 Å². The van der Waals surface area contributed by atoms with Crippen molar-refractivity contribution in [2.45, 2.75) is 32.3 Å². The Balaban J connectivity index is 1.74. The fourth-order valence-corrected chi connectivity index (χ4v) is 3.05. The lowest BCUT2D eigenvalue weighted by atomic mass is 10.1. The quantitative estimate of drug-likeness (QED) is 0.573. The minimum Gasteiger partial charge on any atom is -0.376 e. The minimum absolute atomic E-state index is 0.00930. The van der Waals surface area contributed by atoms with E-state index in [2.05, 4.69) is 22.5 Å². The second-order valence-electron chi connectivity index (χ2n) is 6.58. The van der Waals surface area contributed by atoms with Gasteiger partial charge in [-0.1, -0.05) is 30.7 Å². The van der Waals surface area contributed by atoms with Crippen LogP contribution in [-0.4, -0.2) is 31.1 Å². The number of carbonyl (C=O) groups is 1. The first-order valence-corrected chi connectivity index (χ1v) is 9.71. The Bertz CT molecular complexity index is 849. The average molecular weight is 404 g/mol. The van der Waals surface area contributed by atoms with Gasteiger partial charge in [-0.3, -0.25) is 10.1 Å². The number of nitrogens with zero attached hydrogens (tertiary/aromatic N) is 1. The molecule has 148 valence electrons. The van der Waals surface area contributed by atoms with Crippen LogP contribution >= 0.6 is 11.6 Å². The lowest BCUT2D eigenvalue weighted by molar-refractivity contribution is 0.0975. The van der Waals surface area contributed by atoms with Crippen LogP contribution in [0.5, 0.6) is 0 Å². The van der Waals surface area contributed by atoms with Crippen LogP contribution in [0.25, 0.3) is 0 Å². The molecule has 1 aliphatic rings. The maximum atomic E-state index is 13.4. The molecule has 28 heavy (non-hydrogen) atoms. The molecule has 1 fully saturated rings. The number of ether oxygens (including phenoxy) is 1. The predicted molar refractivity (Wildman–Crippen MR) is 110 cm³/mol. The van der Waals surface area contributed by atoms with Gasteiger partial charge in [-0.15, -0.1) is 0 Å². The van der Waals surface area contributed by atoms with Gasteiger partial charge in [0.1, 0.15) is 5.82 Å². The molecule has 1 saturated heterocycles. The molecule has 0 aromatic heterocycles. The van der Waals surface area contributed by atoms with Gasteiger partial charge >= 0.3 is 0 Å². The van der Waals surface area contributed by atoms with E-state index in [0.717, 1.165) is 31.4 Å². The second-order valence-corrected chi connectivity index (χ2v) is 6.99. The number of anilines is 1. The number of guanidine groups is 1. The molecule has 0 saturated carbocycles. The van der Waals surface area contributed by atoms with Gasteiger partial charge in [0, 0.05) is 17.9 Å². The van der Waals surface area contributed by atoms with E-state index >= 15 is 0 Å². The van der Waals surface area contributed by atoms with Crippen molar-refractivity contribution in [1.29, 1.82) is 0 Å². The molecule has 1 aliphatic heterocycles. The number of carbonyl (C=O) groups excluding carboxylic acids is 1. The number of hydrogen-bond donors (Lipinski definition) is 2. The summed E-state index contributed by atoms with van der Waals surface area (Å²) in [6, 6.07) is 11.6. The third-order valence-electron chi connectivity index (χ3n) is 4.52. The highest BCUT2D eigenvalue weighted by Gasteiger charge is 2.16. The van der Waals surface area contributed by atoms with Crippen molar-refractivity contribution in [3.63, 3.8) is 0 Å². The zero-order chi connectivity index (χ0) is 19.9. The number of amides is 1. The van der Waals surface area contributed by atoms with Gasteiger partial charge in [-0.25, -0.2) is 9.38 Å². The van der Waals surface area contributed by atoms with Crippen molar-refractivity contribution < 1.29 is 13.9 Å². The van der Waals surface area contributed by atoms with E-state index in [1.807, 2.05) is 12.1 Å². The first kappa shape index (κ1) is 20.3. The molecule has 2 N–H and O–H groups in total. The summed E-state index contributed by atoms with van der Waals surface area (Å²) < 4.78 is 19.0. The lowest BCUT2D eigenvalue weighted by Gasteiger charge is -2.14. The predicted octanol–water partition coefficient (Wildman–Crippen LogP) is 4.42. The summed E-state index contributed by atoms with van der Waals surface area (Å²) in [5, 5.41) is 5.78. The lowest BCUT2D eigenvalue weighted by Crippen LogP contribution is -2.36. The number of rotatable bonds is 5. The van der Waals surface area contributed by atoms with Gasteiger partial charge in [-0.2, -0.15) is 0 Å². The van der Waals surface area contributed by atoms with E-state index in [-0.39, 0.29) is 23.0 Å². The number of benzene rings is 2. The topological polar surface area (TPSA) is 62.7 Å². The van der Waals surface area contributed by atoms with Crippen molar-refractivity contribution in [3.05, 3.63) is 64.4 Å².